The van der Waals surface area contributed by atoms with Crippen molar-refractivity contribution in [1.82, 2.24) is 18.7 Å². The van der Waals surface area contributed by atoms with Gasteiger partial charge in [-0.05, 0) is 49.2 Å². The third kappa shape index (κ3) is 3.62. The van der Waals surface area contributed by atoms with E-state index in [-0.39, 0.29) is 11.3 Å². The molecule has 0 unspecified atom stereocenters. The van der Waals surface area contributed by atoms with E-state index in [1.165, 1.54) is 10.8 Å². The number of aromatic amines is 1. The van der Waals surface area contributed by atoms with Crippen LogP contribution in [0.3, 0.4) is 0 Å². The Labute approximate surface area is 194 Å². The Balaban J connectivity index is 1.91. The predicted octanol–water partition coefficient (Wildman–Crippen LogP) is 1.86. The molecule has 10 nitrogen and oxygen atoms in total. The summed E-state index contributed by atoms with van der Waals surface area (Å²) in [6, 6.07) is 8.86. The van der Waals surface area contributed by atoms with Gasteiger partial charge in [0.15, 0.2) is 0 Å². The summed E-state index contributed by atoms with van der Waals surface area (Å²) in [7, 11) is 7.04. The highest BCUT2D eigenvalue weighted by atomic mass is 16.3. The molecule has 4 rings (SSSR count). The summed E-state index contributed by atoms with van der Waals surface area (Å²) in [4.78, 5) is 46.0. The number of hydrogen-bond acceptors (Lipinski definition) is 6. The summed E-state index contributed by atoms with van der Waals surface area (Å²) in [5.74, 6) is -0.514. The first-order valence-electron chi connectivity index (χ1n) is 10.6. The fourth-order valence-electron chi connectivity index (χ4n) is 3.88. The molecule has 0 bridgehead atoms. The summed E-state index contributed by atoms with van der Waals surface area (Å²) in [6.45, 7) is 3.83. The highest BCUT2D eigenvalue weighted by molar-refractivity contribution is 5.91. The molecule has 0 amide bonds. The highest BCUT2D eigenvalue weighted by Crippen LogP contribution is 2.32. The number of rotatable bonds is 4. The van der Waals surface area contributed by atoms with Crippen LogP contribution in [0.25, 0.3) is 16.7 Å². The molecular formula is C24H26N6O4. The molecule has 0 aliphatic rings. The number of aromatic nitrogens is 4. The summed E-state index contributed by atoms with van der Waals surface area (Å²) in [5.41, 5.74) is 3.15. The summed E-state index contributed by atoms with van der Waals surface area (Å²) in [6.07, 6.45) is 1.22. The van der Waals surface area contributed by atoms with E-state index in [0.29, 0.717) is 22.6 Å². The van der Waals surface area contributed by atoms with E-state index in [1.807, 2.05) is 45.0 Å². The maximum absolute atomic E-state index is 12.5. The Morgan fingerprint density at radius 2 is 1.62 bits per heavy atom. The number of nitrogens with one attached hydrogen (secondary N) is 1. The molecule has 0 aliphatic heterocycles. The van der Waals surface area contributed by atoms with E-state index in [1.54, 1.807) is 36.9 Å². The number of benzene rings is 2. The average molecular weight is 463 g/mol. The quantitative estimate of drug-likeness (QED) is 0.449. The van der Waals surface area contributed by atoms with E-state index in [2.05, 4.69) is 9.98 Å². The third-order valence-electron chi connectivity index (χ3n) is 6.05. The zero-order chi connectivity index (χ0) is 24.9. The van der Waals surface area contributed by atoms with Crippen LogP contribution in [0, 0.1) is 13.8 Å². The molecule has 0 atom stereocenters. The van der Waals surface area contributed by atoms with Crippen molar-refractivity contribution < 1.29 is 5.11 Å². The van der Waals surface area contributed by atoms with Crippen LogP contribution in [0.4, 0.5) is 11.4 Å². The van der Waals surface area contributed by atoms with Gasteiger partial charge in [-0.3, -0.25) is 23.9 Å². The van der Waals surface area contributed by atoms with Gasteiger partial charge in [-0.2, -0.15) is 0 Å². The monoisotopic (exact) mass is 462 g/mol. The van der Waals surface area contributed by atoms with Crippen LogP contribution in [0.2, 0.25) is 0 Å². The van der Waals surface area contributed by atoms with Gasteiger partial charge in [0, 0.05) is 34.4 Å². The lowest BCUT2D eigenvalue weighted by Gasteiger charge is -2.16. The zero-order valence-corrected chi connectivity index (χ0v) is 19.9. The Kier molecular flexibility index (Phi) is 5.52. The second-order valence-electron chi connectivity index (χ2n) is 8.48. The van der Waals surface area contributed by atoms with Crippen LogP contribution in [0.5, 0.6) is 5.88 Å². The Morgan fingerprint density at radius 3 is 2.24 bits per heavy atom. The molecule has 2 heterocycles. The molecular weight excluding hydrogens is 436 g/mol. The third-order valence-corrected chi connectivity index (χ3v) is 6.05. The maximum Gasteiger partial charge on any atom is 0.335 e. The Bertz CT molecular complexity index is 1650. The fourth-order valence-corrected chi connectivity index (χ4v) is 3.88. The average Bonchev–Trinajstić information content (AvgIpc) is 2.98. The van der Waals surface area contributed by atoms with Crippen molar-refractivity contribution in [2.75, 3.05) is 19.0 Å². The highest BCUT2D eigenvalue weighted by Gasteiger charge is 2.16. The molecule has 4 aromatic rings. The van der Waals surface area contributed by atoms with Crippen LogP contribution in [-0.4, -0.2) is 44.1 Å². The van der Waals surface area contributed by atoms with Crippen LogP contribution >= 0.6 is 0 Å². The first kappa shape index (κ1) is 22.8. The van der Waals surface area contributed by atoms with Crippen molar-refractivity contribution >= 4 is 28.6 Å². The van der Waals surface area contributed by atoms with Crippen molar-refractivity contribution in [1.29, 1.82) is 0 Å². The minimum absolute atomic E-state index is 0.162. The zero-order valence-electron chi connectivity index (χ0n) is 19.9. The van der Waals surface area contributed by atoms with E-state index in [0.717, 1.165) is 21.2 Å². The minimum Gasteiger partial charge on any atom is -0.493 e. The first-order valence-corrected chi connectivity index (χ1v) is 10.6. The van der Waals surface area contributed by atoms with Crippen molar-refractivity contribution in [3.8, 4) is 11.6 Å². The molecule has 2 N–H and O–H groups in total. The number of aromatic hydroxyl groups is 1. The van der Waals surface area contributed by atoms with Gasteiger partial charge in [-0.25, -0.2) is 14.2 Å². The normalized spacial score (nSPS) is 11.6. The number of H-pyrrole nitrogens is 1. The smallest absolute Gasteiger partial charge is 0.335 e. The van der Waals surface area contributed by atoms with Gasteiger partial charge < -0.3 is 10.0 Å². The van der Waals surface area contributed by atoms with Gasteiger partial charge in [0.2, 0.25) is 5.88 Å². The van der Waals surface area contributed by atoms with Crippen molar-refractivity contribution in [3.63, 3.8) is 0 Å². The lowest BCUT2D eigenvalue weighted by Crippen LogP contribution is -2.31. The molecule has 10 heteroatoms. The molecule has 0 radical (unpaired) electrons. The molecule has 0 spiro atoms. The largest absolute Gasteiger partial charge is 0.493 e. The van der Waals surface area contributed by atoms with Crippen LogP contribution in [-0.2, 0) is 14.1 Å². The maximum atomic E-state index is 12.5. The second-order valence-corrected chi connectivity index (χ2v) is 8.48. The van der Waals surface area contributed by atoms with Gasteiger partial charge in [0.05, 0.1) is 28.1 Å². The van der Waals surface area contributed by atoms with Gasteiger partial charge in [0.25, 0.3) is 5.56 Å². The van der Waals surface area contributed by atoms with E-state index in [9.17, 15) is 19.5 Å². The predicted molar refractivity (Wildman–Crippen MR) is 134 cm³/mol. The van der Waals surface area contributed by atoms with Crippen LogP contribution in [0.1, 0.15) is 16.7 Å². The van der Waals surface area contributed by atoms with Gasteiger partial charge in [-0.15, -0.1) is 0 Å². The molecule has 0 saturated heterocycles. The second kappa shape index (κ2) is 8.22. The van der Waals surface area contributed by atoms with Crippen molar-refractivity contribution in [2.45, 2.75) is 13.8 Å². The minimum atomic E-state index is -0.758. The molecule has 34 heavy (non-hydrogen) atoms. The number of aryl methyl sites for hydroxylation is 4. The van der Waals surface area contributed by atoms with E-state index >= 15 is 0 Å². The summed E-state index contributed by atoms with van der Waals surface area (Å²) >= 11 is 0. The number of fused-ring (bicyclic) bond motifs is 1. The molecule has 176 valence electrons. The van der Waals surface area contributed by atoms with Gasteiger partial charge in [-0.1, -0.05) is 6.07 Å². The number of anilines is 1. The SMILES string of the molecule is Cc1ccc(-n2c(O)c(C=Nc3cc4c(cc3N(C)C)n(C)c(=O)n4C)c(=O)[nH]c2=O)cc1C. The van der Waals surface area contributed by atoms with Crippen LogP contribution < -0.4 is 21.8 Å². The van der Waals surface area contributed by atoms with Crippen LogP contribution in [0.15, 0.2) is 49.7 Å². The Morgan fingerprint density at radius 1 is 0.971 bits per heavy atom. The summed E-state index contributed by atoms with van der Waals surface area (Å²) in [5, 5.41) is 10.9. The van der Waals surface area contributed by atoms with Crippen molar-refractivity contribution in [2.24, 2.45) is 19.1 Å². The number of aliphatic imine (C=N–C) groups is 1. The number of nitrogens with zero attached hydrogens (tertiary/aromatic N) is 5. The molecule has 2 aromatic carbocycles. The van der Waals surface area contributed by atoms with Crippen molar-refractivity contribution in [3.05, 3.63) is 78.3 Å². The van der Waals surface area contributed by atoms with Gasteiger partial charge in [0.1, 0.15) is 5.56 Å². The fraction of sp³-hybridized carbons (Fsp3) is 0.250. The molecule has 0 aliphatic carbocycles. The first-order chi connectivity index (χ1) is 16.0. The van der Waals surface area contributed by atoms with E-state index in [4.69, 9.17) is 0 Å². The van der Waals surface area contributed by atoms with E-state index < -0.39 is 17.1 Å². The molecule has 0 fully saturated rings. The lowest BCUT2D eigenvalue weighted by atomic mass is 10.1. The lowest BCUT2D eigenvalue weighted by molar-refractivity contribution is 0.430. The Hall–Kier alpha value is -4.34. The number of hydrogen-bond donors (Lipinski definition) is 2. The number of imidazole rings is 1. The standard InChI is InChI=1S/C24H26N6O4/c1-13-7-8-15(9-14(13)2)30-22(32)16(21(31)26-23(30)33)12-25-17-10-19-20(11-18(17)27(3)4)29(6)24(34)28(19)5/h7-12,32H,1-6H3,(H,26,31,33). The van der Waals surface area contributed by atoms with Gasteiger partial charge >= 0.3 is 11.4 Å². The topological polar surface area (TPSA) is 118 Å². The summed E-state index contributed by atoms with van der Waals surface area (Å²) < 4.78 is 4.09. The molecule has 2 aromatic heterocycles. The molecule has 0 saturated carbocycles.